The topological polar surface area (TPSA) is 174 Å². The molecule has 1 saturated heterocycles. The SMILES string of the molecule is NC1CCN(C(=O)N[C@@H](Cc2ccccc2)C(=O)NCCC(=O)N[C@@H](CC2CCCCC2)[C@@H](O)CCSCC(=O)O)CC1. The monoisotopic (exact) mass is 619 g/mol. The standard InChI is InChI=1S/C31H49N5O6S/c32-24-12-16-36(17-13-24)31(42)35-26(20-23-9-5-2-6-10-23)30(41)33-15-11-28(38)34-25(19-22-7-3-1-4-8-22)27(37)14-18-43-21-29(39)40/h2,5-6,9-10,22,24-27,37H,1,3-4,7-8,11-21,32H2,(H,33,41)(H,34,38)(H,35,42)(H,39,40)/t25-,26-,27-/m0/s1. The Hall–Kier alpha value is -2.83. The van der Waals surface area contributed by atoms with Gasteiger partial charge in [-0.15, -0.1) is 0 Å². The van der Waals surface area contributed by atoms with Crippen molar-refractivity contribution in [1.82, 2.24) is 20.9 Å². The predicted octanol–water partition coefficient (Wildman–Crippen LogP) is 2.26. The fourth-order valence-electron chi connectivity index (χ4n) is 5.76. The predicted molar refractivity (Wildman–Crippen MR) is 168 cm³/mol. The third-order valence-electron chi connectivity index (χ3n) is 8.28. The van der Waals surface area contributed by atoms with Crippen LogP contribution >= 0.6 is 11.8 Å². The molecule has 3 atom stereocenters. The van der Waals surface area contributed by atoms with Gasteiger partial charge < -0.3 is 36.8 Å². The van der Waals surface area contributed by atoms with Gasteiger partial charge in [-0.3, -0.25) is 14.4 Å². The molecule has 1 aliphatic heterocycles. The van der Waals surface area contributed by atoms with Crippen LogP contribution in [0.4, 0.5) is 4.79 Å². The number of carbonyl (C=O) groups is 4. The second-order valence-corrected chi connectivity index (χ2v) is 12.9. The lowest BCUT2D eigenvalue weighted by molar-refractivity contribution is -0.134. The summed E-state index contributed by atoms with van der Waals surface area (Å²) in [5, 5.41) is 28.4. The molecule has 3 rings (SSSR count). The van der Waals surface area contributed by atoms with E-state index in [1.54, 1.807) is 4.90 Å². The molecule has 7 N–H and O–H groups in total. The van der Waals surface area contributed by atoms with Crippen molar-refractivity contribution in [1.29, 1.82) is 0 Å². The maximum absolute atomic E-state index is 13.2. The Labute approximate surface area is 259 Å². The second kappa shape index (κ2) is 18.7. The molecule has 0 unspecified atom stereocenters. The van der Waals surface area contributed by atoms with Crippen molar-refractivity contribution in [3.05, 3.63) is 35.9 Å². The molecule has 11 nitrogen and oxygen atoms in total. The van der Waals surface area contributed by atoms with Crippen molar-refractivity contribution >= 4 is 35.6 Å². The third-order valence-corrected chi connectivity index (χ3v) is 9.26. The molecule has 1 heterocycles. The van der Waals surface area contributed by atoms with Crippen LogP contribution in [0.25, 0.3) is 0 Å². The molecule has 0 spiro atoms. The van der Waals surface area contributed by atoms with Crippen molar-refractivity contribution in [3.63, 3.8) is 0 Å². The smallest absolute Gasteiger partial charge is 0.318 e. The zero-order chi connectivity index (χ0) is 31.0. The van der Waals surface area contributed by atoms with E-state index in [0.29, 0.717) is 44.0 Å². The van der Waals surface area contributed by atoms with E-state index in [0.717, 1.165) is 44.1 Å². The number of carboxylic acids is 1. The molecule has 2 aliphatic rings. The fourth-order valence-corrected chi connectivity index (χ4v) is 6.49. The van der Waals surface area contributed by atoms with Crippen LogP contribution in [-0.2, 0) is 20.8 Å². The van der Waals surface area contributed by atoms with Crippen LogP contribution < -0.4 is 21.7 Å². The Kier molecular flexibility index (Phi) is 15.1. The number of piperidine rings is 1. The molecule has 0 radical (unpaired) electrons. The Balaban J connectivity index is 1.52. The molecule has 12 heteroatoms. The molecule has 1 aromatic rings. The number of benzene rings is 1. The highest BCUT2D eigenvalue weighted by Gasteiger charge is 2.28. The summed E-state index contributed by atoms with van der Waals surface area (Å²) in [5.74, 6) is -0.642. The lowest BCUT2D eigenvalue weighted by Gasteiger charge is -2.31. The van der Waals surface area contributed by atoms with Gasteiger partial charge in [-0.2, -0.15) is 11.8 Å². The van der Waals surface area contributed by atoms with Crippen LogP contribution in [0.5, 0.6) is 0 Å². The quantitative estimate of drug-likeness (QED) is 0.153. The molecule has 1 saturated carbocycles. The molecule has 43 heavy (non-hydrogen) atoms. The van der Waals surface area contributed by atoms with Gasteiger partial charge in [-0.1, -0.05) is 62.4 Å². The van der Waals surface area contributed by atoms with Gasteiger partial charge in [-0.25, -0.2) is 4.79 Å². The highest BCUT2D eigenvalue weighted by molar-refractivity contribution is 7.99. The first-order valence-corrected chi connectivity index (χ1v) is 16.8. The largest absolute Gasteiger partial charge is 0.481 e. The number of likely N-dealkylation sites (tertiary alicyclic amines) is 1. The Bertz CT molecular complexity index is 1020. The van der Waals surface area contributed by atoms with E-state index >= 15 is 0 Å². The number of nitrogens with two attached hydrogens (primary N) is 1. The number of hydrogen-bond donors (Lipinski definition) is 6. The number of carbonyl (C=O) groups excluding carboxylic acids is 3. The fraction of sp³-hybridized carbons (Fsp3) is 0.677. The average Bonchev–Trinajstić information content (AvgIpc) is 2.99. The summed E-state index contributed by atoms with van der Waals surface area (Å²) in [6, 6.07) is 7.99. The molecule has 240 valence electrons. The van der Waals surface area contributed by atoms with Crippen molar-refractivity contribution < 1.29 is 29.4 Å². The van der Waals surface area contributed by atoms with Crippen molar-refractivity contribution in [2.75, 3.05) is 31.1 Å². The summed E-state index contributed by atoms with van der Waals surface area (Å²) in [7, 11) is 0. The van der Waals surface area contributed by atoms with Crippen molar-refractivity contribution in [2.45, 2.75) is 94.9 Å². The molecule has 1 aliphatic carbocycles. The second-order valence-electron chi connectivity index (χ2n) is 11.8. The third kappa shape index (κ3) is 13.1. The Morgan fingerprint density at radius 2 is 1.70 bits per heavy atom. The minimum absolute atomic E-state index is 0.0238. The first-order chi connectivity index (χ1) is 20.7. The van der Waals surface area contributed by atoms with Crippen LogP contribution in [0.1, 0.15) is 69.8 Å². The molecule has 2 fully saturated rings. The van der Waals surface area contributed by atoms with Crippen LogP contribution in [0.15, 0.2) is 30.3 Å². The van der Waals surface area contributed by atoms with Crippen LogP contribution in [0, 0.1) is 5.92 Å². The lowest BCUT2D eigenvalue weighted by atomic mass is 9.83. The molecular weight excluding hydrogens is 570 g/mol. The van der Waals surface area contributed by atoms with E-state index in [1.807, 2.05) is 30.3 Å². The number of nitrogens with zero attached hydrogens (tertiary/aromatic N) is 1. The van der Waals surface area contributed by atoms with Gasteiger partial charge in [0.05, 0.1) is 17.9 Å². The van der Waals surface area contributed by atoms with Gasteiger partial charge in [-0.05, 0) is 42.9 Å². The molecule has 1 aromatic carbocycles. The van der Waals surface area contributed by atoms with Gasteiger partial charge in [0, 0.05) is 38.5 Å². The summed E-state index contributed by atoms with van der Waals surface area (Å²) in [5.41, 5.74) is 6.87. The number of thioether (sulfide) groups is 1. The summed E-state index contributed by atoms with van der Waals surface area (Å²) in [4.78, 5) is 51.6. The number of carboxylic acid groups (broad SMARTS) is 1. The maximum Gasteiger partial charge on any atom is 0.318 e. The molecule has 0 aromatic heterocycles. The first-order valence-electron chi connectivity index (χ1n) is 15.6. The van der Waals surface area contributed by atoms with Crippen LogP contribution in [0.2, 0.25) is 0 Å². The minimum atomic E-state index is -0.893. The van der Waals surface area contributed by atoms with Gasteiger partial charge in [0.2, 0.25) is 11.8 Å². The number of amides is 4. The van der Waals surface area contributed by atoms with E-state index < -0.39 is 24.2 Å². The summed E-state index contributed by atoms with van der Waals surface area (Å²) < 4.78 is 0. The zero-order valence-electron chi connectivity index (χ0n) is 25.0. The van der Waals surface area contributed by atoms with Gasteiger partial charge >= 0.3 is 12.0 Å². The van der Waals surface area contributed by atoms with E-state index in [9.17, 15) is 24.3 Å². The number of hydrogen-bond acceptors (Lipinski definition) is 7. The van der Waals surface area contributed by atoms with Gasteiger partial charge in [0.25, 0.3) is 0 Å². The number of aliphatic carboxylic acids is 1. The highest BCUT2D eigenvalue weighted by Crippen LogP contribution is 2.28. The highest BCUT2D eigenvalue weighted by atomic mass is 32.2. The molecule has 0 bridgehead atoms. The summed E-state index contributed by atoms with van der Waals surface area (Å²) in [6.45, 7) is 1.17. The molecule has 4 amide bonds. The number of aliphatic hydroxyl groups is 1. The molecular formula is C31H49N5O6S. The van der Waals surface area contributed by atoms with Gasteiger partial charge in [0.1, 0.15) is 6.04 Å². The first kappa shape index (κ1) is 34.7. The minimum Gasteiger partial charge on any atom is -0.481 e. The average molecular weight is 620 g/mol. The number of rotatable bonds is 16. The van der Waals surface area contributed by atoms with Crippen LogP contribution in [-0.4, -0.2) is 94.3 Å². The Morgan fingerprint density at radius 3 is 2.37 bits per heavy atom. The number of urea groups is 1. The number of aliphatic hydroxyl groups excluding tert-OH is 1. The van der Waals surface area contributed by atoms with E-state index in [4.69, 9.17) is 10.8 Å². The van der Waals surface area contributed by atoms with E-state index in [-0.39, 0.29) is 42.6 Å². The normalized spacial score (nSPS) is 18.3. The lowest BCUT2D eigenvalue weighted by Crippen LogP contribution is -2.54. The summed E-state index contributed by atoms with van der Waals surface area (Å²) in [6.07, 6.45) is 7.70. The zero-order valence-corrected chi connectivity index (χ0v) is 25.9. The van der Waals surface area contributed by atoms with Crippen molar-refractivity contribution in [3.8, 4) is 0 Å². The van der Waals surface area contributed by atoms with Crippen LogP contribution in [0.3, 0.4) is 0 Å². The van der Waals surface area contributed by atoms with E-state index in [1.165, 1.54) is 18.2 Å². The Morgan fingerprint density at radius 1 is 1.00 bits per heavy atom. The van der Waals surface area contributed by atoms with Crippen molar-refractivity contribution in [2.24, 2.45) is 11.7 Å². The van der Waals surface area contributed by atoms with E-state index in [2.05, 4.69) is 16.0 Å². The number of nitrogens with one attached hydrogen (secondary N) is 3. The summed E-state index contributed by atoms with van der Waals surface area (Å²) >= 11 is 1.25. The van der Waals surface area contributed by atoms with Gasteiger partial charge in [0.15, 0.2) is 0 Å². The maximum atomic E-state index is 13.2.